The lowest BCUT2D eigenvalue weighted by molar-refractivity contribution is -0.0426. The van der Waals surface area contributed by atoms with Crippen molar-refractivity contribution in [1.82, 2.24) is 0 Å². The van der Waals surface area contributed by atoms with E-state index in [1.54, 1.807) is 7.11 Å². The van der Waals surface area contributed by atoms with Gasteiger partial charge in [-0.15, -0.1) is 0 Å². The summed E-state index contributed by atoms with van der Waals surface area (Å²) in [5.74, 6) is -0.0740. The average molecular weight is 331 g/mol. The summed E-state index contributed by atoms with van der Waals surface area (Å²) in [5.41, 5.74) is -0.439. The third-order valence-electron chi connectivity index (χ3n) is 3.24. The van der Waals surface area contributed by atoms with Crippen LogP contribution in [0.25, 0.3) is 0 Å². The molecule has 1 fully saturated rings. The molecule has 0 unspecified atom stereocenters. The predicted molar refractivity (Wildman–Crippen MR) is 75.6 cm³/mol. The highest BCUT2D eigenvalue weighted by atomic mass is 35.7. The number of hydrogen-bond donors (Lipinski definition) is 0. The Morgan fingerprint density at radius 3 is 2.30 bits per heavy atom. The molecule has 1 aliphatic rings. The molecule has 20 heavy (non-hydrogen) atoms. The lowest BCUT2D eigenvalue weighted by Crippen LogP contribution is -2.39. The second-order valence-electron chi connectivity index (χ2n) is 4.95. The average Bonchev–Trinajstić information content (AvgIpc) is 2.37. The van der Waals surface area contributed by atoms with E-state index in [1.807, 2.05) is 0 Å². The Morgan fingerprint density at radius 2 is 1.70 bits per heavy atom. The minimum absolute atomic E-state index is 0.0740. The van der Waals surface area contributed by atoms with Crippen molar-refractivity contribution < 1.29 is 27.4 Å². The summed E-state index contributed by atoms with van der Waals surface area (Å²) in [7, 11) is 3.46. The van der Waals surface area contributed by atoms with Crippen molar-refractivity contribution in [2.24, 2.45) is 5.41 Å². The zero-order valence-corrected chi connectivity index (χ0v) is 13.4. The molecule has 0 N–H and O–H groups in total. The van der Waals surface area contributed by atoms with Crippen LogP contribution in [0.5, 0.6) is 0 Å². The zero-order chi connectivity index (χ0) is 14.9. The highest BCUT2D eigenvalue weighted by Gasteiger charge is 2.37. The summed E-state index contributed by atoms with van der Waals surface area (Å²) in [6.07, 6.45) is 1.28. The Balaban J connectivity index is 2.30. The van der Waals surface area contributed by atoms with E-state index in [2.05, 4.69) is 0 Å². The standard InChI is InChI=1S/C12H23ClO6S/c1-16-6-7-18-8-9-19-10-12(11-20(13,14)15)2-4-17-5-3-12/h2-11H2,1H3. The molecule has 1 rings (SSSR count). The van der Waals surface area contributed by atoms with E-state index in [9.17, 15) is 8.42 Å². The van der Waals surface area contributed by atoms with Crippen molar-refractivity contribution in [3.8, 4) is 0 Å². The van der Waals surface area contributed by atoms with Crippen LogP contribution in [0.1, 0.15) is 12.8 Å². The summed E-state index contributed by atoms with van der Waals surface area (Å²) in [6.45, 7) is 3.40. The molecule has 0 bridgehead atoms. The fourth-order valence-electron chi connectivity index (χ4n) is 2.15. The van der Waals surface area contributed by atoms with E-state index >= 15 is 0 Å². The van der Waals surface area contributed by atoms with Gasteiger partial charge in [0, 0.05) is 36.4 Å². The smallest absolute Gasteiger partial charge is 0.233 e. The van der Waals surface area contributed by atoms with Crippen molar-refractivity contribution in [2.45, 2.75) is 12.8 Å². The summed E-state index contributed by atoms with van der Waals surface area (Å²) in [6, 6.07) is 0. The quantitative estimate of drug-likeness (QED) is 0.440. The molecule has 8 heteroatoms. The van der Waals surface area contributed by atoms with E-state index < -0.39 is 14.5 Å². The largest absolute Gasteiger partial charge is 0.382 e. The molecular weight excluding hydrogens is 308 g/mol. The second-order valence-corrected chi connectivity index (χ2v) is 7.73. The second kappa shape index (κ2) is 9.17. The molecule has 0 atom stereocenters. The van der Waals surface area contributed by atoms with E-state index in [0.717, 1.165) is 0 Å². The maximum atomic E-state index is 11.3. The van der Waals surface area contributed by atoms with E-state index in [4.69, 9.17) is 29.6 Å². The fourth-order valence-corrected chi connectivity index (χ4v) is 3.95. The number of halogens is 1. The van der Waals surface area contributed by atoms with Crippen LogP contribution in [-0.2, 0) is 28.0 Å². The Bertz CT molecular complexity index is 353. The molecule has 1 saturated heterocycles. The third-order valence-corrected chi connectivity index (χ3v) is 4.53. The molecule has 1 aliphatic heterocycles. The first-order valence-corrected chi connectivity index (χ1v) is 9.10. The summed E-state index contributed by atoms with van der Waals surface area (Å²) < 4.78 is 43.7. The highest BCUT2D eigenvalue weighted by Crippen LogP contribution is 2.33. The Kier molecular flexibility index (Phi) is 8.31. The van der Waals surface area contributed by atoms with E-state index in [1.165, 1.54) is 0 Å². The molecule has 0 aliphatic carbocycles. The first-order valence-electron chi connectivity index (χ1n) is 6.62. The van der Waals surface area contributed by atoms with Crippen molar-refractivity contribution in [2.75, 3.05) is 59.1 Å². The molecule has 0 radical (unpaired) electrons. The predicted octanol–water partition coefficient (Wildman–Crippen LogP) is 1.03. The lowest BCUT2D eigenvalue weighted by atomic mass is 9.83. The van der Waals surface area contributed by atoms with Crippen LogP contribution >= 0.6 is 10.7 Å². The van der Waals surface area contributed by atoms with Gasteiger partial charge in [-0.05, 0) is 12.8 Å². The van der Waals surface area contributed by atoms with Crippen LogP contribution in [0, 0.1) is 5.41 Å². The normalized spacial score (nSPS) is 19.1. The fraction of sp³-hybridized carbons (Fsp3) is 1.00. The van der Waals surface area contributed by atoms with Crippen LogP contribution < -0.4 is 0 Å². The van der Waals surface area contributed by atoms with Gasteiger partial charge in [0.25, 0.3) is 0 Å². The van der Waals surface area contributed by atoms with Crippen LogP contribution in [0.2, 0.25) is 0 Å². The number of hydrogen-bond acceptors (Lipinski definition) is 6. The van der Waals surface area contributed by atoms with Gasteiger partial charge in [-0.3, -0.25) is 0 Å². The highest BCUT2D eigenvalue weighted by molar-refractivity contribution is 8.13. The Hall–Kier alpha value is 0.0800. The van der Waals surface area contributed by atoms with Gasteiger partial charge in [-0.1, -0.05) is 0 Å². The van der Waals surface area contributed by atoms with Gasteiger partial charge in [0.05, 0.1) is 38.8 Å². The molecule has 0 spiro atoms. The molecule has 1 heterocycles. The summed E-state index contributed by atoms with van der Waals surface area (Å²) >= 11 is 0. The minimum Gasteiger partial charge on any atom is -0.382 e. The van der Waals surface area contributed by atoms with E-state index in [0.29, 0.717) is 59.1 Å². The Morgan fingerprint density at radius 1 is 1.10 bits per heavy atom. The van der Waals surface area contributed by atoms with Crippen molar-refractivity contribution >= 4 is 19.7 Å². The minimum atomic E-state index is -3.55. The molecule has 0 aromatic rings. The van der Waals surface area contributed by atoms with Crippen molar-refractivity contribution in [3.05, 3.63) is 0 Å². The van der Waals surface area contributed by atoms with Crippen molar-refractivity contribution in [3.63, 3.8) is 0 Å². The Labute approximate surface area is 125 Å². The molecule has 0 amide bonds. The van der Waals surface area contributed by atoms with Crippen LogP contribution in [0.15, 0.2) is 0 Å². The zero-order valence-electron chi connectivity index (χ0n) is 11.8. The molecule has 120 valence electrons. The summed E-state index contributed by atoms with van der Waals surface area (Å²) in [5, 5.41) is 0. The first-order chi connectivity index (χ1) is 9.47. The first kappa shape index (κ1) is 18.1. The van der Waals surface area contributed by atoms with Gasteiger partial charge in [-0.2, -0.15) is 0 Å². The van der Waals surface area contributed by atoms with Gasteiger partial charge in [-0.25, -0.2) is 8.42 Å². The number of rotatable bonds is 10. The maximum Gasteiger partial charge on any atom is 0.233 e. The molecule has 6 nitrogen and oxygen atoms in total. The van der Waals surface area contributed by atoms with Crippen LogP contribution in [0.3, 0.4) is 0 Å². The topological polar surface area (TPSA) is 71.1 Å². The van der Waals surface area contributed by atoms with Gasteiger partial charge in [0.1, 0.15) is 0 Å². The van der Waals surface area contributed by atoms with E-state index in [-0.39, 0.29) is 5.75 Å². The SMILES string of the molecule is COCCOCCOCC1(CS(=O)(=O)Cl)CCOCC1. The molecular formula is C12H23ClO6S. The molecule has 0 aromatic heterocycles. The van der Waals surface area contributed by atoms with Crippen molar-refractivity contribution in [1.29, 1.82) is 0 Å². The van der Waals surface area contributed by atoms with Crippen LogP contribution in [0.4, 0.5) is 0 Å². The maximum absolute atomic E-state index is 11.3. The third kappa shape index (κ3) is 7.75. The van der Waals surface area contributed by atoms with Gasteiger partial charge < -0.3 is 18.9 Å². The van der Waals surface area contributed by atoms with Gasteiger partial charge >= 0.3 is 0 Å². The van der Waals surface area contributed by atoms with Gasteiger partial charge in [0.2, 0.25) is 9.05 Å². The van der Waals surface area contributed by atoms with Crippen LogP contribution in [-0.4, -0.2) is 67.5 Å². The lowest BCUT2D eigenvalue weighted by Gasteiger charge is -2.35. The van der Waals surface area contributed by atoms with Gasteiger partial charge in [0.15, 0.2) is 0 Å². The number of methoxy groups -OCH3 is 1. The monoisotopic (exact) mass is 330 g/mol. The number of ether oxygens (including phenoxy) is 4. The summed E-state index contributed by atoms with van der Waals surface area (Å²) in [4.78, 5) is 0. The molecule has 0 aromatic carbocycles. The molecule has 0 saturated carbocycles.